The normalized spacial score (nSPS) is 10.7. The Morgan fingerprint density at radius 3 is 2.13 bits per heavy atom. The first kappa shape index (κ1) is 28.6. The van der Waals surface area contributed by atoms with Crippen LogP contribution in [0.1, 0.15) is 76.7 Å². The number of esters is 1. The molecule has 0 bridgehead atoms. The molecule has 2 aromatic heterocycles. The highest BCUT2D eigenvalue weighted by atomic mass is 16.5. The number of carbonyl (C=O) groups excluding carboxylic acids is 1. The fraction of sp³-hybridized carbons (Fsp3) is 0.419. The highest BCUT2D eigenvalue weighted by Crippen LogP contribution is 2.22. The quantitative estimate of drug-likeness (QED) is 0.113. The second kappa shape index (κ2) is 15.4. The van der Waals surface area contributed by atoms with Crippen LogP contribution in [0.25, 0.3) is 22.2 Å². The van der Waals surface area contributed by atoms with E-state index in [1.165, 1.54) is 38.5 Å². The van der Waals surface area contributed by atoms with E-state index in [2.05, 4.69) is 17.6 Å². The molecule has 3 aromatic rings. The van der Waals surface area contributed by atoms with E-state index in [-0.39, 0.29) is 11.7 Å². The smallest absolute Gasteiger partial charge is 0.345 e. The minimum atomic E-state index is -0.476. The van der Waals surface area contributed by atoms with E-state index >= 15 is 0 Å². The topological polar surface area (TPSA) is 102 Å². The third-order valence-corrected chi connectivity index (χ3v) is 6.27. The number of fused-ring (bicyclic) bond motifs is 1. The molecule has 0 amide bonds. The van der Waals surface area contributed by atoms with E-state index in [1.807, 2.05) is 6.07 Å². The summed E-state index contributed by atoms with van der Waals surface area (Å²) in [5.74, 6) is 0.147. The van der Waals surface area contributed by atoms with Crippen LogP contribution >= 0.6 is 0 Å². The van der Waals surface area contributed by atoms with Crippen molar-refractivity contribution in [2.45, 2.75) is 71.1 Å². The highest BCUT2D eigenvalue weighted by molar-refractivity contribution is 5.86. The maximum absolute atomic E-state index is 12.5. The van der Waals surface area contributed by atoms with Gasteiger partial charge in [0.05, 0.1) is 30.4 Å². The summed E-state index contributed by atoms with van der Waals surface area (Å²) in [5, 5.41) is 9.66. The van der Waals surface area contributed by atoms with Gasteiger partial charge in [0.25, 0.3) is 0 Å². The molecule has 200 valence electrons. The number of hydrogen-bond acceptors (Lipinski definition) is 7. The first-order chi connectivity index (χ1) is 18.5. The molecule has 0 spiro atoms. The molecule has 3 rings (SSSR count). The van der Waals surface area contributed by atoms with E-state index in [4.69, 9.17) is 19.2 Å². The molecule has 1 aromatic carbocycles. The average Bonchev–Trinajstić information content (AvgIpc) is 2.92. The fourth-order valence-electron chi connectivity index (χ4n) is 4.07. The number of nitriles is 1. The average molecular weight is 517 g/mol. The molecule has 0 saturated heterocycles. The van der Waals surface area contributed by atoms with Crippen molar-refractivity contribution in [3.63, 3.8) is 0 Å². The van der Waals surface area contributed by atoms with Crippen LogP contribution in [0.3, 0.4) is 0 Å². The lowest BCUT2D eigenvalue weighted by Gasteiger charge is -2.07. The Morgan fingerprint density at radius 1 is 0.921 bits per heavy atom. The minimum absolute atomic E-state index is 0.248. The van der Waals surface area contributed by atoms with Crippen molar-refractivity contribution in [2.75, 3.05) is 13.2 Å². The lowest BCUT2D eigenvalue weighted by molar-refractivity contribution is -0.139. The molecule has 0 atom stereocenters. The van der Waals surface area contributed by atoms with E-state index < -0.39 is 5.63 Å². The van der Waals surface area contributed by atoms with Gasteiger partial charge in [0.2, 0.25) is 11.6 Å². The number of hydrogen-bond donors (Lipinski definition) is 0. The van der Waals surface area contributed by atoms with Gasteiger partial charge < -0.3 is 13.9 Å². The molecule has 0 radical (unpaired) electrons. The molecule has 7 heteroatoms. The zero-order chi connectivity index (χ0) is 27.2. The van der Waals surface area contributed by atoms with Crippen molar-refractivity contribution in [1.82, 2.24) is 4.98 Å². The van der Waals surface area contributed by atoms with E-state index in [0.717, 1.165) is 25.7 Å². The molecule has 0 N–H and O–H groups in total. The van der Waals surface area contributed by atoms with Gasteiger partial charge in [-0.05, 0) is 49.6 Å². The summed E-state index contributed by atoms with van der Waals surface area (Å²) in [5.41, 5.74) is 1.88. The number of benzene rings is 1. The Balaban J connectivity index is 1.28. The maximum Gasteiger partial charge on any atom is 0.345 e. The lowest BCUT2D eigenvalue weighted by Crippen LogP contribution is -2.05. The molecular formula is C31H36N2O5. The summed E-state index contributed by atoms with van der Waals surface area (Å²) >= 11 is 0. The van der Waals surface area contributed by atoms with Crippen molar-refractivity contribution < 1.29 is 18.7 Å². The number of aromatic nitrogens is 1. The van der Waals surface area contributed by atoms with Gasteiger partial charge in [-0.2, -0.15) is 10.2 Å². The Bertz CT molecular complexity index is 1300. The summed E-state index contributed by atoms with van der Waals surface area (Å²) in [6, 6.07) is 14.3. The molecule has 2 heterocycles. The largest absolute Gasteiger partial charge is 0.478 e. The van der Waals surface area contributed by atoms with Crippen molar-refractivity contribution in [3.05, 3.63) is 70.6 Å². The van der Waals surface area contributed by atoms with Crippen LogP contribution in [0, 0.1) is 11.3 Å². The van der Waals surface area contributed by atoms with Gasteiger partial charge in [0.15, 0.2) is 0 Å². The Hall–Kier alpha value is -3.92. The van der Waals surface area contributed by atoms with Crippen LogP contribution in [-0.2, 0) is 9.53 Å². The molecule has 0 fully saturated rings. The van der Waals surface area contributed by atoms with Crippen LogP contribution in [0.5, 0.6) is 5.88 Å². The van der Waals surface area contributed by atoms with Gasteiger partial charge in [-0.3, -0.25) is 0 Å². The Morgan fingerprint density at radius 2 is 1.53 bits per heavy atom. The zero-order valence-electron chi connectivity index (χ0n) is 22.2. The van der Waals surface area contributed by atoms with Gasteiger partial charge >= 0.3 is 11.6 Å². The summed E-state index contributed by atoms with van der Waals surface area (Å²) < 4.78 is 16.3. The maximum atomic E-state index is 12.5. The third kappa shape index (κ3) is 9.19. The van der Waals surface area contributed by atoms with Crippen molar-refractivity contribution in [3.8, 4) is 23.1 Å². The third-order valence-electron chi connectivity index (χ3n) is 6.27. The summed E-state index contributed by atoms with van der Waals surface area (Å²) in [7, 11) is 0. The first-order valence-corrected chi connectivity index (χ1v) is 13.4. The monoisotopic (exact) mass is 516 g/mol. The summed E-state index contributed by atoms with van der Waals surface area (Å²) in [4.78, 5) is 28.1. The molecule has 0 saturated carbocycles. The zero-order valence-corrected chi connectivity index (χ0v) is 22.2. The fourth-order valence-corrected chi connectivity index (χ4v) is 4.07. The standard InChI is InChI=1S/C31H36N2O5/c1-23(2)30(34)37-20-12-10-8-6-4-3-5-7-9-11-19-36-28-18-17-26-21-27(31(35)38-29(26)33-28)25-15-13-24(22-32)14-16-25/h13-18,21H,1,3-12,19-20H2,2H3. The predicted molar refractivity (Wildman–Crippen MR) is 148 cm³/mol. The van der Waals surface area contributed by atoms with Crippen LogP contribution in [-0.4, -0.2) is 24.2 Å². The van der Waals surface area contributed by atoms with Crippen molar-refractivity contribution in [2.24, 2.45) is 0 Å². The second-order valence-electron chi connectivity index (χ2n) is 9.48. The minimum Gasteiger partial charge on any atom is -0.478 e. The number of pyridine rings is 1. The van der Waals surface area contributed by atoms with Gasteiger partial charge in [-0.1, -0.05) is 70.1 Å². The van der Waals surface area contributed by atoms with E-state index in [0.29, 0.717) is 46.7 Å². The molecule has 0 aliphatic heterocycles. The number of nitrogens with zero attached hydrogens (tertiary/aromatic N) is 2. The molecule has 0 aliphatic carbocycles. The van der Waals surface area contributed by atoms with Crippen LogP contribution in [0.2, 0.25) is 0 Å². The van der Waals surface area contributed by atoms with Crippen molar-refractivity contribution in [1.29, 1.82) is 5.26 Å². The van der Waals surface area contributed by atoms with Crippen LogP contribution in [0.15, 0.2) is 63.8 Å². The first-order valence-electron chi connectivity index (χ1n) is 13.4. The van der Waals surface area contributed by atoms with E-state index in [1.54, 1.807) is 43.3 Å². The molecule has 7 nitrogen and oxygen atoms in total. The second-order valence-corrected chi connectivity index (χ2v) is 9.48. The van der Waals surface area contributed by atoms with Crippen molar-refractivity contribution >= 4 is 17.1 Å². The SMILES string of the molecule is C=C(C)C(=O)OCCCCCCCCCCCCOc1ccc2cc(-c3ccc(C#N)cc3)c(=O)oc2n1. The van der Waals surface area contributed by atoms with Gasteiger partial charge in [-0.15, -0.1) is 0 Å². The lowest BCUT2D eigenvalue weighted by atomic mass is 10.1. The van der Waals surface area contributed by atoms with Crippen LogP contribution < -0.4 is 10.4 Å². The number of ether oxygens (including phenoxy) is 2. The molecule has 38 heavy (non-hydrogen) atoms. The number of rotatable bonds is 16. The molecular weight excluding hydrogens is 480 g/mol. The van der Waals surface area contributed by atoms with E-state index in [9.17, 15) is 9.59 Å². The summed E-state index contributed by atoms with van der Waals surface area (Å²) in [6.45, 7) is 6.29. The highest BCUT2D eigenvalue weighted by Gasteiger charge is 2.10. The van der Waals surface area contributed by atoms with Gasteiger partial charge in [-0.25, -0.2) is 9.59 Å². The Kier molecular flexibility index (Phi) is 11.6. The summed E-state index contributed by atoms with van der Waals surface area (Å²) in [6.07, 6.45) is 11.3. The predicted octanol–water partition coefficient (Wildman–Crippen LogP) is 7.13. The number of carbonyl (C=O) groups is 1. The number of unbranched alkanes of at least 4 members (excludes halogenated alkanes) is 9. The van der Waals surface area contributed by atoms with Crippen LogP contribution in [0.4, 0.5) is 0 Å². The Labute approximate surface area is 224 Å². The molecule has 0 unspecified atom stereocenters. The van der Waals surface area contributed by atoms with Gasteiger partial charge in [0.1, 0.15) is 0 Å². The van der Waals surface area contributed by atoms with Gasteiger partial charge in [0, 0.05) is 17.0 Å². The molecule has 0 aliphatic rings.